The van der Waals surface area contributed by atoms with Crippen molar-refractivity contribution in [2.45, 2.75) is 47.0 Å². The molecule has 0 amide bonds. The van der Waals surface area contributed by atoms with Crippen LogP contribution in [0.25, 0.3) is 0 Å². The molecule has 0 spiro atoms. The topological polar surface area (TPSA) is 0 Å². The first-order chi connectivity index (χ1) is 4.66. The Morgan fingerprint density at radius 3 is 2.40 bits per heavy atom. The third kappa shape index (κ3) is 5.87. The standard InChI is InChI=1S/C10H20/c1-5-10(4)8-6-7-9(2)3/h7,10H,5-6,8H2,1-4H3/t10-/m0/s1. The summed E-state index contributed by atoms with van der Waals surface area (Å²) in [6, 6.07) is 0. The van der Waals surface area contributed by atoms with E-state index in [0.29, 0.717) is 0 Å². The molecule has 0 unspecified atom stereocenters. The zero-order valence-electron chi connectivity index (χ0n) is 7.78. The van der Waals surface area contributed by atoms with Crippen LogP contribution < -0.4 is 0 Å². The minimum atomic E-state index is 0.899. The normalized spacial score (nSPS) is 12.8. The molecular weight excluding hydrogens is 120 g/mol. The molecule has 0 heteroatoms. The number of rotatable bonds is 4. The summed E-state index contributed by atoms with van der Waals surface area (Å²) < 4.78 is 0. The van der Waals surface area contributed by atoms with Crippen LogP contribution in [0.15, 0.2) is 11.6 Å². The van der Waals surface area contributed by atoms with E-state index in [1.54, 1.807) is 0 Å². The molecule has 0 N–H and O–H groups in total. The van der Waals surface area contributed by atoms with Crippen molar-refractivity contribution in [3.63, 3.8) is 0 Å². The van der Waals surface area contributed by atoms with Gasteiger partial charge in [-0.25, -0.2) is 0 Å². The molecule has 1 atom stereocenters. The van der Waals surface area contributed by atoms with Gasteiger partial charge < -0.3 is 0 Å². The zero-order valence-corrected chi connectivity index (χ0v) is 7.78. The van der Waals surface area contributed by atoms with Crippen molar-refractivity contribution < 1.29 is 0 Å². The van der Waals surface area contributed by atoms with E-state index in [2.05, 4.69) is 33.8 Å². The maximum Gasteiger partial charge on any atom is -0.0346 e. The molecule has 0 aromatic rings. The number of hydrogen-bond acceptors (Lipinski definition) is 0. The second-order valence-corrected chi connectivity index (χ2v) is 3.37. The van der Waals surface area contributed by atoms with Crippen molar-refractivity contribution in [2.75, 3.05) is 0 Å². The van der Waals surface area contributed by atoms with E-state index in [4.69, 9.17) is 0 Å². The lowest BCUT2D eigenvalue weighted by Gasteiger charge is -2.04. The van der Waals surface area contributed by atoms with Crippen LogP contribution in [0.3, 0.4) is 0 Å². The summed E-state index contributed by atoms with van der Waals surface area (Å²) in [7, 11) is 0. The zero-order chi connectivity index (χ0) is 7.98. The van der Waals surface area contributed by atoms with Gasteiger partial charge in [-0.3, -0.25) is 0 Å². The minimum absolute atomic E-state index is 0.899. The van der Waals surface area contributed by atoms with Gasteiger partial charge in [0.2, 0.25) is 0 Å². The van der Waals surface area contributed by atoms with Crippen LogP contribution in [0, 0.1) is 5.92 Å². The molecule has 0 saturated heterocycles. The predicted octanol–water partition coefficient (Wildman–Crippen LogP) is 3.78. The van der Waals surface area contributed by atoms with Crippen LogP contribution in [0.1, 0.15) is 47.0 Å². The Balaban J connectivity index is 3.28. The highest BCUT2D eigenvalue weighted by Gasteiger charge is 1.94. The molecule has 0 aromatic carbocycles. The van der Waals surface area contributed by atoms with E-state index in [0.717, 1.165) is 5.92 Å². The van der Waals surface area contributed by atoms with Gasteiger partial charge in [-0.05, 0) is 32.6 Å². The molecule has 60 valence electrons. The van der Waals surface area contributed by atoms with Crippen LogP contribution >= 0.6 is 0 Å². The van der Waals surface area contributed by atoms with E-state index in [9.17, 15) is 0 Å². The van der Waals surface area contributed by atoms with E-state index >= 15 is 0 Å². The Kier molecular flexibility index (Phi) is 5.38. The van der Waals surface area contributed by atoms with Gasteiger partial charge in [0.15, 0.2) is 0 Å². The summed E-state index contributed by atoms with van der Waals surface area (Å²) in [5, 5.41) is 0. The first-order valence-corrected chi connectivity index (χ1v) is 4.30. The number of hydrogen-bond donors (Lipinski definition) is 0. The first kappa shape index (κ1) is 9.74. The summed E-state index contributed by atoms with van der Waals surface area (Å²) in [5.74, 6) is 0.899. The van der Waals surface area contributed by atoms with Crippen molar-refractivity contribution in [1.82, 2.24) is 0 Å². The maximum absolute atomic E-state index is 2.33. The van der Waals surface area contributed by atoms with Gasteiger partial charge in [-0.1, -0.05) is 31.9 Å². The van der Waals surface area contributed by atoms with E-state index < -0.39 is 0 Å². The summed E-state index contributed by atoms with van der Waals surface area (Å²) in [6.45, 7) is 8.90. The first-order valence-electron chi connectivity index (χ1n) is 4.30. The Morgan fingerprint density at radius 1 is 1.40 bits per heavy atom. The predicted molar refractivity (Wildman–Crippen MR) is 48.1 cm³/mol. The largest absolute Gasteiger partial charge is 0.0859 e. The highest BCUT2D eigenvalue weighted by Crippen LogP contribution is 2.10. The van der Waals surface area contributed by atoms with Crippen LogP contribution in [0.2, 0.25) is 0 Å². The van der Waals surface area contributed by atoms with Crippen molar-refractivity contribution in [2.24, 2.45) is 5.92 Å². The van der Waals surface area contributed by atoms with E-state index in [-0.39, 0.29) is 0 Å². The van der Waals surface area contributed by atoms with Crippen LogP contribution in [-0.2, 0) is 0 Å². The van der Waals surface area contributed by atoms with E-state index in [1.165, 1.54) is 24.8 Å². The molecule has 0 aromatic heterocycles. The molecule has 0 rings (SSSR count). The molecule has 0 fully saturated rings. The summed E-state index contributed by atoms with van der Waals surface area (Å²) >= 11 is 0. The molecule has 0 heterocycles. The fraction of sp³-hybridized carbons (Fsp3) is 0.800. The highest BCUT2D eigenvalue weighted by molar-refractivity contribution is 4.92. The van der Waals surface area contributed by atoms with Gasteiger partial charge in [0, 0.05) is 0 Å². The van der Waals surface area contributed by atoms with Crippen molar-refractivity contribution in [3.05, 3.63) is 11.6 Å². The molecule has 0 nitrogen and oxygen atoms in total. The lowest BCUT2D eigenvalue weighted by atomic mass is 10.0. The quantitative estimate of drug-likeness (QED) is 0.521. The van der Waals surface area contributed by atoms with Gasteiger partial charge in [-0.15, -0.1) is 0 Å². The third-order valence-corrected chi connectivity index (χ3v) is 1.91. The molecule has 0 aliphatic carbocycles. The van der Waals surface area contributed by atoms with Crippen LogP contribution in [0.4, 0.5) is 0 Å². The minimum Gasteiger partial charge on any atom is -0.0859 e. The Hall–Kier alpha value is -0.260. The molecule has 0 aliphatic rings. The van der Waals surface area contributed by atoms with Crippen molar-refractivity contribution in [3.8, 4) is 0 Å². The van der Waals surface area contributed by atoms with Crippen molar-refractivity contribution in [1.29, 1.82) is 0 Å². The second-order valence-electron chi connectivity index (χ2n) is 3.37. The van der Waals surface area contributed by atoms with E-state index in [1.807, 2.05) is 0 Å². The monoisotopic (exact) mass is 140 g/mol. The Morgan fingerprint density at radius 2 is 2.00 bits per heavy atom. The van der Waals surface area contributed by atoms with Crippen LogP contribution in [-0.4, -0.2) is 0 Å². The lowest BCUT2D eigenvalue weighted by molar-refractivity contribution is 0.521. The highest BCUT2D eigenvalue weighted by atomic mass is 14.0. The van der Waals surface area contributed by atoms with Gasteiger partial charge in [0.1, 0.15) is 0 Å². The summed E-state index contributed by atoms with van der Waals surface area (Å²) in [4.78, 5) is 0. The van der Waals surface area contributed by atoms with Gasteiger partial charge >= 0.3 is 0 Å². The molecule has 10 heavy (non-hydrogen) atoms. The SMILES string of the molecule is CC[C@H](C)CCC=C(C)C. The maximum atomic E-state index is 2.33. The molecule has 0 bridgehead atoms. The molecular formula is C10H20. The van der Waals surface area contributed by atoms with Crippen molar-refractivity contribution >= 4 is 0 Å². The Bertz CT molecular complexity index is 96.6. The summed E-state index contributed by atoms with van der Waals surface area (Å²) in [5.41, 5.74) is 1.45. The average molecular weight is 140 g/mol. The van der Waals surface area contributed by atoms with Crippen LogP contribution in [0.5, 0.6) is 0 Å². The lowest BCUT2D eigenvalue weighted by Crippen LogP contribution is -1.89. The van der Waals surface area contributed by atoms with Gasteiger partial charge in [0.25, 0.3) is 0 Å². The van der Waals surface area contributed by atoms with Gasteiger partial charge in [0.05, 0.1) is 0 Å². The second kappa shape index (κ2) is 5.52. The number of allylic oxidation sites excluding steroid dienone is 2. The molecule has 0 radical (unpaired) electrons. The fourth-order valence-corrected chi connectivity index (χ4v) is 0.861. The molecule has 0 saturated carbocycles. The van der Waals surface area contributed by atoms with Gasteiger partial charge in [-0.2, -0.15) is 0 Å². The smallest absolute Gasteiger partial charge is 0.0346 e. The Labute approximate surface area is 65.3 Å². The fourth-order valence-electron chi connectivity index (χ4n) is 0.861. The molecule has 0 aliphatic heterocycles. The average Bonchev–Trinajstić information content (AvgIpc) is 1.87. The third-order valence-electron chi connectivity index (χ3n) is 1.91. The summed E-state index contributed by atoms with van der Waals surface area (Å²) in [6.07, 6.45) is 6.25.